The van der Waals surface area contributed by atoms with E-state index in [0.29, 0.717) is 6.61 Å². The van der Waals surface area contributed by atoms with Crippen LogP contribution < -0.4 is 0 Å². The Kier molecular flexibility index (Phi) is 12.8. The molecule has 0 fully saturated rings. The van der Waals surface area contributed by atoms with Crippen LogP contribution in [0.2, 0.25) is 0 Å². The molecule has 24 heavy (non-hydrogen) atoms. The molecule has 0 aromatic carbocycles. The third-order valence-electron chi connectivity index (χ3n) is 4.76. The van der Waals surface area contributed by atoms with Gasteiger partial charge in [-0.05, 0) is 12.8 Å². The van der Waals surface area contributed by atoms with Crippen LogP contribution >= 0.6 is 0 Å². The third kappa shape index (κ3) is 10.1. The van der Waals surface area contributed by atoms with Gasteiger partial charge in [0, 0.05) is 14.0 Å². The number of unbranched alkanes of at least 4 members (excludes halogenated alkanes) is 11. The summed E-state index contributed by atoms with van der Waals surface area (Å²) in [5.74, 6) is 0.779. The molecule has 0 saturated carbocycles. The normalized spacial score (nSPS) is 18.8. The Balaban J connectivity index is 1.92. The number of rotatable bonds is 15. The van der Waals surface area contributed by atoms with Crippen molar-refractivity contribution in [2.45, 2.75) is 103 Å². The molecule has 0 spiro atoms. The molecule has 3 heteroatoms. The molecule has 0 N–H and O–H groups in total. The summed E-state index contributed by atoms with van der Waals surface area (Å²) < 4.78 is 10.9. The number of allylic oxidation sites excluding steroid dienone is 1. The minimum atomic E-state index is 0.0511. The Morgan fingerprint density at radius 2 is 1.62 bits per heavy atom. The van der Waals surface area contributed by atoms with Crippen molar-refractivity contribution in [3.8, 4) is 0 Å². The van der Waals surface area contributed by atoms with Crippen LogP contribution in [0.4, 0.5) is 0 Å². The first-order chi connectivity index (χ1) is 11.8. The molecule has 0 aromatic rings. The minimum absolute atomic E-state index is 0.0511. The van der Waals surface area contributed by atoms with E-state index < -0.39 is 0 Å². The lowest BCUT2D eigenvalue weighted by atomic mass is 10.0. The Bertz CT molecular complexity index is 352. The van der Waals surface area contributed by atoms with Crippen molar-refractivity contribution in [2.24, 2.45) is 4.99 Å². The minimum Gasteiger partial charge on any atom is -0.479 e. The lowest BCUT2D eigenvalue weighted by Crippen LogP contribution is -2.25. The summed E-state index contributed by atoms with van der Waals surface area (Å²) >= 11 is 0. The van der Waals surface area contributed by atoms with Crippen LogP contribution in [-0.2, 0) is 9.47 Å². The molecule has 2 atom stereocenters. The number of hydrogen-bond acceptors (Lipinski definition) is 3. The molecular formula is C21H39NO2. The maximum absolute atomic E-state index is 5.52. The molecule has 0 aliphatic carbocycles. The van der Waals surface area contributed by atoms with Gasteiger partial charge in [-0.25, -0.2) is 4.99 Å². The van der Waals surface area contributed by atoms with Gasteiger partial charge in [0.25, 0.3) is 0 Å². The number of aliphatic imine (C=N–C) groups is 1. The van der Waals surface area contributed by atoms with Crippen molar-refractivity contribution >= 4 is 5.90 Å². The van der Waals surface area contributed by atoms with Gasteiger partial charge in [-0.2, -0.15) is 0 Å². The van der Waals surface area contributed by atoms with Gasteiger partial charge in [-0.3, -0.25) is 0 Å². The zero-order chi connectivity index (χ0) is 17.5. The fourth-order valence-electron chi connectivity index (χ4n) is 3.20. The SMILES string of the molecule is CCCCCCCCCCCCC/C=C/C(OC)[C@@H]1COC(C)=N1. The first-order valence-electron chi connectivity index (χ1n) is 10.1. The molecule has 3 nitrogen and oxygen atoms in total. The van der Waals surface area contributed by atoms with E-state index in [1.807, 2.05) is 6.92 Å². The van der Waals surface area contributed by atoms with Crippen molar-refractivity contribution in [2.75, 3.05) is 13.7 Å². The fourth-order valence-corrected chi connectivity index (χ4v) is 3.20. The van der Waals surface area contributed by atoms with Crippen LogP contribution in [0.1, 0.15) is 90.9 Å². The van der Waals surface area contributed by atoms with E-state index in [4.69, 9.17) is 9.47 Å². The Labute approximate surface area is 149 Å². The van der Waals surface area contributed by atoms with Gasteiger partial charge in [0.15, 0.2) is 5.90 Å². The van der Waals surface area contributed by atoms with Crippen LogP contribution in [-0.4, -0.2) is 31.8 Å². The van der Waals surface area contributed by atoms with E-state index in [2.05, 4.69) is 24.1 Å². The number of nitrogens with zero attached hydrogens (tertiary/aromatic N) is 1. The number of hydrogen-bond donors (Lipinski definition) is 0. The third-order valence-corrected chi connectivity index (χ3v) is 4.76. The monoisotopic (exact) mass is 337 g/mol. The lowest BCUT2D eigenvalue weighted by molar-refractivity contribution is 0.107. The van der Waals surface area contributed by atoms with Crippen molar-refractivity contribution in [3.63, 3.8) is 0 Å². The topological polar surface area (TPSA) is 30.8 Å². The van der Waals surface area contributed by atoms with Gasteiger partial charge in [0.1, 0.15) is 18.8 Å². The molecular weight excluding hydrogens is 298 g/mol. The highest BCUT2D eigenvalue weighted by atomic mass is 16.5. The predicted molar refractivity (Wildman–Crippen MR) is 104 cm³/mol. The maximum atomic E-state index is 5.52. The summed E-state index contributed by atoms with van der Waals surface area (Å²) in [6.45, 7) is 4.83. The summed E-state index contributed by atoms with van der Waals surface area (Å²) in [4.78, 5) is 4.46. The van der Waals surface area contributed by atoms with Crippen LogP contribution in [0.15, 0.2) is 17.1 Å². The van der Waals surface area contributed by atoms with E-state index in [1.54, 1.807) is 7.11 Å². The van der Waals surface area contributed by atoms with Gasteiger partial charge >= 0.3 is 0 Å². The molecule has 1 rings (SSSR count). The smallest absolute Gasteiger partial charge is 0.180 e. The quantitative estimate of drug-likeness (QED) is 0.268. The predicted octanol–water partition coefficient (Wildman–Crippen LogP) is 6.08. The van der Waals surface area contributed by atoms with Crippen molar-refractivity contribution in [1.82, 2.24) is 0 Å². The Morgan fingerprint density at radius 1 is 1.04 bits per heavy atom. The molecule has 1 aliphatic rings. The second-order valence-corrected chi connectivity index (χ2v) is 6.98. The fraction of sp³-hybridized carbons (Fsp3) is 0.857. The van der Waals surface area contributed by atoms with Gasteiger partial charge in [-0.1, -0.05) is 83.3 Å². The first-order valence-corrected chi connectivity index (χ1v) is 10.1. The van der Waals surface area contributed by atoms with Crippen LogP contribution in [0, 0.1) is 0 Å². The molecule has 1 unspecified atom stereocenters. The summed E-state index contributed by atoms with van der Waals surface area (Å²) in [6, 6.07) is 0.128. The molecule has 0 amide bonds. The van der Waals surface area contributed by atoms with Crippen LogP contribution in [0.3, 0.4) is 0 Å². The second-order valence-electron chi connectivity index (χ2n) is 6.98. The molecule has 0 aromatic heterocycles. The number of ether oxygens (including phenoxy) is 2. The molecule has 0 bridgehead atoms. The maximum Gasteiger partial charge on any atom is 0.180 e. The zero-order valence-corrected chi connectivity index (χ0v) is 16.3. The lowest BCUT2D eigenvalue weighted by Gasteiger charge is -2.14. The zero-order valence-electron chi connectivity index (χ0n) is 16.3. The first kappa shape index (κ1) is 21.2. The van der Waals surface area contributed by atoms with Crippen molar-refractivity contribution < 1.29 is 9.47 Å². The average molecular weight is 338 g/mol. The molecule has 0 saturated heterocycles. The highest BCUT2D eigenvalue weighted by Gasteiger charge is 2.23. The van der Waals surface area contributed by atoms with Gasteiger partial charge < -0.3 is 9.47 Å². The standard InChI is InChI=1S/C21H39NO2/c1-4-5-6-7-8-9-10-11-12-13-14-15-16-17-21(23-3)20-18-24-19(2)22-20/h16-17,20-21H,4-15,18H2,1-3H3/b17-16+/t20-,21?/m0/s1. The largest absolute Gasteiger partial charge is 0.479 e. The Morgan fingerprint density at radius 3 is 2.12 bits per heavy atom. The van der Waals surface area contributed by atoms with Gasteiger partial charge in [0.05, 0.1) is 0 Å². The van der Waals surface area contributed by atoms with Crippen LogP contribution in [0.25, 0.3) is 0 Å². The Hall–Kier alpha value is -0.830. The van der Waals surface area contributed by atoms with Gasteiger partial charge in [0.2, 0.25) is 0 Å². The molecule has 1 heterocycles. The van der Waals surface area contributed by atoms with E-state index in [9.17, 15) is 0 Å². The van der Waals surface area contributed by atoms with Crippen LogP contribution in [0.5, 0.6) is 0 Å². The summed E-state index contributed by atoms with van der Waals surface area (Å²) in [5, 5.41) is 0. The van der Waals surface area contributed by atoms with E-state index in [-0.39, 0.29) is 12.1 Å². The highest BCUT2D eigenvalue weighted by Crippen LogP contribution is 2.14. The number of methoxy groups -OCH3 is 1. The summed E-state index contributed by atoms with van der Waals surface area (Å²) in [5.41, 5.74) is 0. The van der Waals surface area contributed by atoms with E-state index in [0.717, 1.165) is 12.3 Å². The van der Waals surface area contributed by atoms with E-state index >= 15 is 0 Å². The molecule has 0 radical (unpaired) electrons. The summed E-state index contributed by atoms with van der Waals surface area (Å²) in [7, 11) is 1.75. The summed E-state index contributed by atoms with van der Waals surface area (Å²) in [6.07, 6.45) is 21.0. The molecule has 1 aliphatic heterocycles. The average Bonchev–Trinajstić information content (AvgIpc) is 3.01. The second kappa shape index (κ2) is 14.5. The van der Waals surface area contributed by atoms with Crippen molar-refractivity contribution in [3.05, 3.63) is 12.2 Å². The molecule has 140 valence electrons. The van der Waals surface area contributed by atoms with E-state index in [1.165, 1.54) is 70.6 Å². The highest BCUT2D eigenvalue weighted by molar-refractivity contribution is 5.74. The van der Waals surface area contributed by atoms with Gasteiger partial charge in [-0.15, -0.1) is 0 Å². The van der Waals surface area contributed by atoms with Crippen molar-refractivity contribution in [1.29, 1.82) is 0 Å².